The number of esters is 1. The highest BCUT2D eigenvalue weighted by molar-refractivity contribution is 5.87. The average molecular weight is 245 g/mol. The highest BCUT2D eigenvalue weighted by Gasteiger charge is 2.14. The van der Waals surface area contributed by atoms with Crippen LogP contribution in [0.2, 0.25) is 0 Å². The molecule has 0 aliphatic heterocycles. The Bertz CT molecular complexity index is 466. The zero-order chi connectivity index (χ0) is 13.0. The molecule has 0 bridgehead atoms. The maximum Gasteiger partial charge on any atom is 0.330 e. The molecule has 1 atom stereocenters. The number of aryl methyl sites for hydroxylation is 1. The molecule has 1 aromatic carbocycles. The molecule has 1 aliphatic carbocycles. The van der Waals surface area contributed by atoms with E-state index in [-0.39, 0.29) is 12.0 Å². The van der Waals surface area contributed by atoms with Crippen LogP contribution in [0.15, 0.2) is 24.3 Å². The first-order chi connectivity index (χ1) is 8.69. The Morgan fingerprint density at radius 2 is 2.33 bits per heavy atom. The highest BCUT2D eigenvalue weighted by atomic mass is 16.5. The standard InChI is InChI=1S/C15H19NO2/c1-2-18-15(17)8-4-11-3-5-12-6-7-14(16)10-13(12)9-11/h3-5,8-9,14H,2,6-7,10,16H2,1H3/t14-/m0/s1. The largest absolute Gasteiger partial charge is 0.463 e. The Morgan fingerprint density at radius 3 is 3.11 bits per heavy atom. The van der Waals surface area contributed by atoms with Crippen LogP contribution >= 0.6 is 0 Å². The fourth-order valence-corrected chi connectivity index (χ4v) is 2.26. The molecule has 0 saturated heterocycles. The lowest BCUT2D eigenvalue weighted by molar-refractivity contribution is -0.137. The number of nitrogens with two attached hydrogens (primary N) is 1. The van der Waals surface area contributed by atoms with Crippen molar-refractivity contribution in [2.75, 3.05) is 6.61 Å². The normalized spacial score (nSPS) is 18.7. The number of rotatable bonds is 3. The van der Waals surface area contributed by atoms with Crippen molar-refractivity contribution in [1.29, 1.82) is 0 Å². The predicted octanol–water partition coefficient (Wildman–Crippen LogP) is 2.08. The molecule has 0 amide bonds. The van der Waals surface area contributed by atoms with Gasteiger partial charge in [-0.3, -0.25) is 0 Å². The lowest BCUT2D eigenvalue weighted by Gasteiger charge is -2.21. The molecule has 0 radical (unpaired) electrons. The summed E-state index contributed by atoms with van der Waals surface area (Å²) in [5.74, 6) is -0.299. The highest BCUT2D eigenvalue weighted by Crippen LogP contribution is 2.22. The maximum absolute atomic E-state index is 11.2. The first kappa shape index (κ1) is 12.8. The fourth-order valence-electron chi connectivity index (χ4n) is 2.26. The van der Waals surface area contributed by atoms with Crippen molar-refractivity contribution in [2.45, 2.75) is 32.2 Å². The molecule has 0 aromatic heterocycles. The van der Waals surface area contributed by atoms with E-state index in [4.69, 9.17) is 10.5 Å². The minimum absolute atomic E-state index is 0.266. The summed E-state index contributed by atoms with van der Waals surface area (Å²) in [7, 11) is 0. The van der Waals surface area contributed by atoms with Crippen molar-refractivity contribution in [3.05, 3.63) is 41.0 Å². The molecule has 1 aromatic rings. The molecule has 0 unspecified atom stereocenters. The lowest BCUT2D eigenvalue weighted by atomic mass is 9.87. The van der Waals surface area contributed by atoms with Crippen LogP contribution in [0.4, 0.5) is 0 Å². The quantitative estimate of drug-likeness (QED) is 0.655. The fraction of sp³-hybridized carbons (Fsp3) is 0.400. The number of ether oxygens (including phenoxy) is 1. The first-order valence-corrected chi connectivity index (χ1v) is 6.41. The number of hydrogen-bond donors (Lipinski definition) is 1. The third-order valence-electron chi connectivity index (χ3n) is 3.20. The van der Waals surface area contributed by atoms with Gasteiger partial charge in [0.05, 0.1) is 6.61 Å². The Labute approximate surface area is 108 Å². The summed E-state index contributed by atoms with van der Waals surface area (Å²) >= 11 is 0. The number of fused-ring (bicyclic) bond motifs is 1. The lowest BCUT2D eigenvalue weighted by Crippen LogP contribution is -2.27. The van der Waals surface area contributed by atoms with E-state index in [2.05, 4.69) is 12.1 Å². The van der Waals surface area contributed by atoms with Crippen LogP contribution in [0, 0.1) is 0 Å². The van der Waals surface area contributed by atoms with Crippen molar-refractivity contribution >= 4 is 12.0 Å². The smallest absolute Gasteiger partial charge is 0.330 e. The summed E-state index contributed by atoms with van der Waals surface area (Å²) in [5, 5.41) is 0. The van der Waals surface area contributed by atoms with Gasteiger partial charge in [-0.15, -0.1) is 0 Å². The van der Waals surface area contributed by atoms with E-state index in [9.17, 15) is 4.79 Å². The molecular formula is C15H19NO2. The summed E-state index contributed by atoms with van der Waals surface area (Å²) in [6.07, 6.45) is 6.30. The number of carbonyl (C=O) groups is 1. The molecule has 2 rings (SSSR count). The van der Waals surface area contributed by atoms with Gasteiger partial charge in [-0.1, -0.05) is 18.2 Å². The van der Waals surface area contributed by atoms with Gasteiger partial charge >= 0.3 is 5.97 Å². The van der Waals surface area contributed by atoms with Gasteiger partial charge < -0.3 is 10.5 Å². The van der Waals surface area contributed by atoms with Crippen molar-refractivity contribution in [2.24, 2.45) is 5.73 Å². The summed E-state index contributed by atoms with van der Waals surface area (Å²) < 4.78 is 4.85. The van der Waals surface area contributed by atoms with Crippen molar-refractivity contribution in [1.82, 2.24) is 0 Å². The van der Waals surface area contributed by atoms with E-state index >= 15 is 0 Å². The Hall–Kier alpha value is -1.61. The van der Waals surface area contributed by atoms with E-state index in [0.29, 0.717) is 6.61 Å². The van der Waals surface area contributed by atoms with Gasteiger partial charge in [0.1, 0.15) is 0 Å². The van der Waals surface area contributed by atoms with Gasteiger partial charge in [0.15, 0.2) is 0 Å². The Morgan fingerprint density at radius 1 is 1.50 bits per heavy atom. The van der Waals surface area contributed by atoms with Crippen molar-refractivity contribution in [3.8, 4) is 0 Å². The topological polar surface area (TPSA) is 52.3 Å². The monoisotopic (exact) mass is 245 g/mol. The number of benzene rings is 1. The second-order valence-corrected chi connectivity index (χ2v) is 4.62. The van der Waals surface area contributed by atoms with Crippen molar-refractivity contribution < 1.29 is 9.53 Å². The van der Waals surface area contributed by atoms with Gasteiger partial charge in [-0.25, -0.2) is 4.79 Å². The van der Waals surface area contributed by atoms with Crippen LogP contribution in [0.5, 0.6) is 0 Å². The van der Waals surface area contributed by atoms with Gasteiger partial charge in [-0.2, -0.15) is 0 Å². The summed E-state index contributed by atoms with van der Waals surface area (Å²) in [5.41, 5.74) is 9.68. The van der Waals surface area contributed by atoms with Crippen LogP contribution in [-0.4, -0.2) is 18.6 Å². The van der Waals surface area contributed by atoms with Crippen LogP contribution in [0.3, 0.4) is 0 Å². The average Bonchev–Trinajstić information content (AvgIpc) is 2.36. The van der Waals surface area contributed by atoms with E-state index in [1.807, 2.05) is 6.07 Å². The molecule has 0 saturated carbocycles. The molecule has 1 aliphatic rings. The van der Waals surface area contributed by atoms with Gasteiger partial charge in [0, 0.05) is 12.1 Å². The van der Waals surface area contributed by atoms with Gasteiger partial charge in [0.2, 0.25) is 0 Å². The van der Waals surface area contributed by atoms with E-state index in [1.165, 1.54) is 17.2 Å². The second-order valence-electron chi connectivity index (χ2n) is 4.62. The summed E-state index contributed by atoms with van der Waals surface area (Å²) in [6, 6.07) is 6.54. The third kappa shape index (κ3) is 3.20. The van der Waals surface area contributed by atoms with E-state index in [1.54, 1.807) is 13.0 Å². The summed E-state index contributed by atoms with van der Waals surface area (Å²) in [4.78, 5) is 11.2. The van der Waals surface area contributed by atoms with Gasteiger partial charge in [0.25, 0.3) is 0 Å². The van der Waals surface area contributed by atoms with Crippen LogP contribution < -0.4 is 5.73 Å². The molecule has 18 heavy (non-hydrogen) atoms. The van der Waals surface area contributed by atoms with E-state index in [0.717, 1.165) is 24.8 Å². The second kappa shape index (κ2) is 5.83. The zero-order valence-corrected chi connectivity index (χ0v) is 10.7. The minimum Gasteiger partial charge on any atom is -0.463 e. The van der Waals surface area contributed by atoms with Crippen LogP contribution in [0.1, 0.15) is 30.0 Å². The predicted molar refractivity (Wildman–Crippen MR) is 72.1 cm³/mol. The van der Waals surface area contributed by atoms with Gasteiger partial charge in [-0.05, 0) is 49.0 Å². The third-order valence-corrected chi connectivity index (χ3v) is 3.20. The molecule has 3 heteroatoms. The Kier molecular flexibility index (Phi) is 4.15. The summed E-state index contributed by atoms with van der Waals surface area (Å²) in [6.45, 7) is 2.20. The number of hydrogen-bond acceptors (Lipinski definition) is 3. The molecule has 96 valence electrons. The SMILES string of the molecule is CCOC(=O)C=Cc1ccc2c(c1)C[C@@H](N)CC2. The number of carbonyl (C=O) groups excluding carboxylic acids is 1. The molecule has 0 fully saturated rings. The maximum atomic E-state index is 11.2. The molecule has 3 nitrogen and oxygen atoms in total. The minimum atomic E-state index is -0.299. The first-order valence-electron chi connectivity index (χ1n) is 6.41. The molecule has 2 N–H and O–H groups in total. The van der Waals surface area contributed by atoms with Crippen molar-refractivity contribution in [3.63, 3.8) is 0 Å². The van der Waals surface area contributed by atoms with E-state index < -0.39 is 0 Å². The zero-order valence-electron chi connectivity index (χ0n) is 10.7. The van der Waals surface area contributed by atoms with Crippen LogP contribution in [0.25, 0.3) is 6.08 Å². The molecule has 0 heterocycles. The van der Waals surface area contributed by atoms with Crippen LogP contribution in [-0.2, 0) is 22.4 Å². The molecular weight excluding hydrogens is 226 g/mol. The Balaban J connectivity index is 2.11. The molecule has 0 spiro atoms.